The van der Waals surface area contributed by atoms with E-state index in [0.717, 1.165) is 16.8 Å². The molecule has 4 rings (SSSR count). The molecule has 174 valence electrons. The standard InChI is InChI=1S/C25H23ClN4O3S/c1-16-6-4-5-7-21(16)30-24(17-8-10-18(26)11-9-17)28-29-25(30)34-15-23(31)27-20-13-12-19(32-2)14-22(20)33-3/h4-14H,15H2,1-3H3,(H,27,31). The van der Waals surface area contributed by atoms with Gasteiger partial charge in [0.15, 0.2) is 11.0 Å². The molecule has 9 heteroatoms. The zero-order chi connectivity index (χ0) is 24.1. The number of hydrogen-bond donors (Lipinski definition) is 1. The maximum absolute atomic E-state index is 12.7. The highest BCUT2D eigenvalue weighted by molar-refractivity contribution is 7.99. The Labute approximate surface area is 207 Å². The Bertz CT molecular complexity index is 1310. The second-order valence-electron chi connectivity index (χ2n) is 7.34. The molecule has 0 radical (unpaired) electrons. The number of nitrogens with one attached hydrogen (secondary N) is 1. The van der Waals surface area contributed by atoms with Crippen LogP contribution in [0, 0.1) is 6.92 Å². The fourth-order valence-corrected chi connectivity index (χ4v) is 4.27. The Morgan fingerprint density at radius 1 is 1.03 bits per heavy atom. The van der Waals surface area contributed by atoms with Gasteiger partial charge in [0.25, 0.3) is 0 Å². The molecule has 34 heavy (non-hydrogen) atoms. The van der Waals surface area contributed by atoms with Gasteiger partial charge < -0.3 is 14.8 Å². The number of methoxy groups -OCH3 is 2. The number of aryl methyl sites for hydroxylation is 1. The van der Waals surface area contributed by atoms with Crippen molar-refractivity contribution in [3.05, 3.63) is 77.3 Å². The first-order valence-electron chi connectivity index (χ1n) is 10.4. The largest absolute Gasteiger partial charge is 0.497 e. The topological polar surface area (TPSA) is 78.3 Å². The molecule has 1 N–H and O–H groups in total. The number of ether oxygens (including phenoxy) is 2. The number of benzene rings is 3. The summed E-state index contributed by atoms with van der Waals surface area (Å²) in [6, 6.07) is 20.6. The smallest absolute Gasteiger partial charge is 0.234 e. The SMILES string of the molecule is COc1ccc(NC(=O)CSc2nnc(-c3ccc(Cl)cc3)n2-c2ccccc2C)c(OC)c1. The van der Waals surface area contributed by atoms with E-state index in [4.69, 9.17) is 21.1 Å². The zero-order valence-corrected chi connectivity index (χ0v) is 20.5. The van der Waals surface area contributed by atoms with Gasteiger partial charge in [0.2, 0.25) is 5.91 Å². The minimum atomic E-state index is -0.194. The van der Waals surface area contributed by atoms with E-state index in [1.165, 1.54) is 11.8 Å². The number of rotatable bonds is 8. The lowest BCUT2D eigenvalue weighted by atomic mass is 10.1. The molecule has 0 spiro atoms. The van der Waals surface area contributed by atoms with Crippen molar-refractivity contribution in [2.24, 2.45) is 0 Å². The van der Waals surface area contributed by atoms with E-state index in [2.05, 4.69) is 15.5 Å². The summed E-state index contributed by atoms with van der Waals surface area (Å²) >= 11 is 7.37. The van der Waals surface area contributed by atoms with Crippen molar-refractivity contribution in [2.45, 2.75) is 12.1 Å². The predicted molar refractivity (Wildman–Crippen MR) is 135 cm³/mol. The highest BCUT2D eigenvalue weighted by Gasteiger charge is 2.19. The predicted octanol–water partition coefficient (Wildman–Crippen LogP) is 5.64. The molecule has 0 atom stereocenters. The number of carbonyl (C=O) groups excluding carboxylic acids is 1. The molecule has 0 aliphatic carbocycles. The molecule has 0 aliphatic rings. The van der Waals surface area contributed by atoms with Gasteiger partial charge in [-0.15, -0.1) is 10.2 Å². The average Bonchev–Trinajstić information content (AvgIpc) is 3.27. The van der Waals surface area contributed by atoms with E-state index < -0.39 is 0 Å². The highest BCUT2D eigenvalue weighted by atomic mass is 35.5. The van der Waals surface area contributed by atoms with Crippen LogP contribution in [-0.4, -0.2) is 40.6 Å². The first-order chi connectivity index (χ1) is 16.5. The molecule has 0 bridgehead atoms. The van der Waals surface area contributed by atoms with Gasteiger partial charge in [0, 0.05) is 16.7 Å². The van der Waals surface area contributed by atoms with Crippen LogP contribution in [0.25, 0.3) is 17.1 Å². The van der Waals surface area contributed by atoms with Crippen LogP contribution in [0.2, 0.25) is 5.02 Å². The second kappa shape index (κ2) is 10.6. The molecule has 0 saturated carbocycles. The van der Waals surface area contributed by atoms with Crippen molar-refractivity contribution in [3.8, 4) is 28.6 Å². The molecule has 4 aromatic rings. The van der Waals surface area contributed by atoms with Crippen LogP contribution in [0.3, 0.4) is 0 Å². The van der Waals surface area contributed by atoms with E-state index in [-0.39, 0.29) is 11.7 Å². The fraction of sp³-hybridized carbons (Fsp3) is 0.160. The maximum Gasteiger partial charge on any atom is 0.234 e. The zero-order valence-electron chi connectivity index (χ0n) is 18.9. The van der Waals surface area contributed by atoms with E-state index in [9.17, 15) is 4.79 Å². The minimum Gasteiger partial charge on any atom is -0.497 e. The van der Waals surface area contributed by atoms with Gasteiger partial charge >= 0.3 is 0 Å². The van der Waals surface area contributed by atoms with Gasteiger partial charge in [0.05, 0.1) is 31.3 Å². The van der Waals surface area contributed by atoms with E-state index >= 15 is 0 Å². The second-order valence-corrected chi connectivity index (χ2v) is 8.72. The summed E-state index contributed by atoms with van der Waals surface area (Å²) < 4.78 is 12.5. The van der Waals surface area contributed by atoms with Gasteiger partial charge in [0.1, 0.15) is 11.5 Å². The van der Waals surface area contributed by atoms with Crippen LogP contribution in [0.15, 0.2) is 71.9 Å². The lowest BCUT2D eigenvalue weighted by Crippen LogP contribution is -2.15. The van der Waals surface area contributed by atoms with Crippen molar-refractivity contribution in [1.29, 1.82) is 0 Å². The molecule has 7 nitrogen and oxygen atoms in total. The van der Waals surface area contributed by atoms with Crippen LogP contribution in [0.5, 0.6) is 11.5 Å². The van der Waals surface area contributed by atoms with Crippen LogP contribution < -0.4 is 14.8 Å². The van der Waals surface area contributed by atoms with Crippen LogP contribution >= 0.6 is 23.4 Å². The number of anilines is 1. The Morgan fingerprint density at radius 2 is 1.79 bits per heavy atom. The van der Waals surface area contributed by atoms with Gasteiger partial charge in [-0.05, 0) is 55.0 Å². The molecule has 0 unspecified atom stereocenters. The normalized spacial score (nSPS) is 10.7. The number of aromatic nitrogens is 3. The third-order valence-corrected chi connectivity index (χ3v) is 6.29. The summed E-state index contributed by atoms with van der Waals surface area (Å²) in [5, 5.41) is 13.0. The van der Waals surface area contributed by atoms with E-state index in [0.29, 0.717) is 33.2 Å². The summed E-state index contributed by atoms with van der Waals surface area (Å²) in [5.74, 6) is 1.78. The molecule has 1 amide bonds. The Balaban J connectivity index is 1.59. The van der Waals surface area contributed by atoms with Crippen molar-refractivity contribution in [3.63, 3.8) is 0 Å². The minimum absolute atomic E-state index is 0.139. The van der Waals surface area contributed by atoms with Gasteiger partial charge in [-0.2, -0.15) is 0 Å². The monoisotopic (exact) mass is 494 g/mol. The van der Waals surface area contributed by atoms with Crippen LogP contribution in [0.4, 0.5) is 5.69 Å². The summed E-state index contributed by atoms with van der Waals surface area (Å²) in [5.41, 5.74) is 3.44. The summed E-state index contributed by atoms with van der Waals surface area (Å²) in [6.07, 6.45) is 0. The number of hydrogen-bond acceptors (Lipinski definition) is 6. The summed E-state index contributed by atoms with van der Waals surface area (Å²) in [4.78, 5) is 12.7. The van der Waals surface area contributed by atoms with E-state index in [1.54, 1.807) is 32.4 Å². The summed E-state index contributed by atoms with van der Waals surface area (Å²) in [7, 11) is 3.12. The number of thioether (sulfide) groups is 1. The molecule has 1 aromatic heterocycles. The third-order valence-electron chi connectivity index (χ3n) is 5.11. The molecule has 3 aromatic carbocycles. The molecular formula is C25H23ClN4O3S. The van der Waals surface area contributed by atoms with Gasteiger partial charge in [-0.1, -0.05) is 41.6 Å². The van der Waals surface area contributed by atoms with Crippen molar-refractivity contribution >= 4 is 35.0 Å². The summed E-state index contributed by atoms with van der Waals surface area (Å²) in [6.45, 7) is 2.03. The first kappa shape index (κ1) is 23.7. The molecule has 0 saturated heterocycles. The van der Waals surface area contributed by atoms with Crippen LogP contribution in [0.1, 0.15) is 5.56 Å². The first-order valence-corrected chi connectivity index (χ1v) is 11.8. The lowest BCUT2D eigenvalue weighted by Gasteiger charge is -2.13. The maximum atomic E-state index is 12.7. The van der Waals surface area contributed by atoms with Crippen LogP contribution in [-0.2, 0) is 4.79 Å². The lowest BCUT2D eigenvalue weighted by molar-refractivity contribution is -0.113. The number of nitrogens with zero attached hydrogens (tertiary/aromatic N) is 3. The molecule has 0 aliphatic heterocycles. The molecule has 1 heterocycles. The average molecular weight is 495 g/mol. The number of halogens is 1. The van der Waals surface area contributed by atoms with Crippen molar-refractivity contribution < 1.29 is 14.3 Å². The quantitative estimate of drug-likeness (QED) is 0.319. The van der Waals surface area contributed by atoms with Crippen molar-refractivity contribution in [1.82, 2.24) is 14.8 Å². The Morgan fingerprint density at radius 3 is 2.50 bits per heavy atom. The van der Waals surface area contributed by atoms with Gasteiger partial charge in [-0.25, -0.2) is 0 Å². The molecular weight excluding hydrogens is 472 g/mol. The van der Waals surface area contributed by atoms with E-state index in [1.807, 2.05) is 60.0 Å². The number of para-hydroxylation sites is 1. The molecule has 0 fully saturated rings. The fourth-order valence-electron chi connectivity index (χ4n) is 3.40. The Hall–Kier alpha value is -3.49. The van der Waals surface area contributed by atoms with Crippen molar-refractivity contribution in [2.75, 3.05) is 25.3 Å². The van der Waals surface area contributed by atoms with Gasteiger partial charge in [-0.3, -0.25) is 9.36 Å². The number of amides is 1. The Kier molecular flexibility index (Phi) is 7.40. The third kappa shape index (κ3) is 5.18. The number of carbonyl (C=O) groups is 1. The highest BCUT2D eigenvalue weighted by Crippen LogP contribution is 2.31.